The van der Waals surface area contributed by atoms with Crippen LogP contribution in [0.3, 0.4) is 0 Å². The lowest BCUT2D eigenvalue weighted by Crippen LogP contribution is -2.39. The maximum atomic E-state index is 13.0. The molecule has 1 aliphatic rings. The molecule has 1 aliphatic heterocycles. The van der Waals surface area contributed by atoms with Crippen LogP contribution in [0.15, 0.2) is 30.7 Å². The topological polar surface area (TPSA) is 83.9 Å². The van der Waals surface area contributed by atoms with E-state index in [1.54, 1.807) is 19.1 Å². The second-order valence-electron chi connectivity index (χ2n) is 8.73. The van der Waals surface area contributed by atoms with Crippen LogP contribution in [-0.2, 0) is 12.6 Å². The molecule has 0 radical (unpaired) electrons. The molecule has 0 atom stereocenters. The fraction of sp³-hybridized carbons (Fsp3) is 0.435. The second kappa shape index (κ2) is 10.7. The van der Waals surface area contributed by atoms with Gasteiger partial charge in [0.1, 0.15) is 0 Å². The first-order chi connectivity index (χ1) is 17.4. The molecule has 1 amide bonds. The number of hydrogen-bond acceptors (Lipinski definition) is 7. The number of anilines is 1. The van der Waals surface area contributed by atoms with Gasteiger partial charge in [0.05, 0.1) is 41.6 Å². The number of alkyl halides is 6. The summed E-state index contributed by atoms with van der Waals surface area (Å²) < 4.78 is 80.1. The number of amides is 1. The number of carbonyl (C=O) groups excluding carboxylic acids is 1. The molecular formula is C23H22F6N6OS. The Balaban J connectivity index is 1.38. The Labute approximate surface area is 212 Å². The summed E-state index contributed by atoms with van der Waals surface area (Å²) in [4.78, 5) is 26.5. The molecule has 198 valence electrons. The normalized spacial score (nSPS) is 15.6. The van der Waals surface area contributed by atoms with Gasteiger partial charge in [-0.3, -0.25) is 19.7 Å². The van der Waals surface area contributed by atoms with E-state index in [4.69, 9.17) is 0 Å². The number of nitrogens with zero attached hydrogens (tertiary/aromatic N) is 5. The van der Waals surface area contributed by atoms with Crippen LogP contribution in [-0.4, -0.2) is 55.9 Å². The number of piperidine rings is 1. The van der Waals surface area contributed by atoms with Crippen LogP contribution in [0, 0.1) is 6.92 Å². The zero-order valence-corrected chi connectivity index (χ0v) is 20.3. The SMILES string of the molecule is Cc1nsc(Cc2cnc(C(F)(F)F)cn2)c1C(=O)Nc1ccc(C2CCN(CC(F)(F)F)CC2)nc1. The van der Waals surface area contributed by atoms with Crippen LogP contribution >= 0.6 is 11.5 Å². The summed E-state index contributed by atoms with van der Waals surface area (Å²) in [5.74, 6) is -0.412. The van der Waals surface area contributed by atoms with E-state index in [1.807, 2.05) is 0 Å². The van der Waals surface area contributed by atoms with Crippen molar-refractivity contribution in [1.29, 1.82) is 0 Å². The van der Waals surface area contributed by atoms with E-state index < -0.39 is 30.5 Å². The quantitative estimate of drug-likeness (QED) is 0.428. The Morgan fingerprint density at radius 2 is 1.78 bits per heavy atom. The summed E-state index contributed by atoms with van der Waals surface area (Å²) in [6.45, 7) is 1.41. The zero-order chi connectivity index (χ0) is 26.8. The van der Waals surface area contributed by atoms with Gasteiger partial charge >= 0.3 is 12.4 Å². The van der Waals surface area contributed by atoms with Crippen LogP contribution in [0.4, 0.5) is 32.0 Å². The predicted octanol–water partition coefficient (Wildman–Crippen LogP) is 5.24. The van der Waals surface area contributed by atoms with Crippen molar-refractivity contribution in [1.82, 2.24) is 24.2 Å². The molecule has 1 saturated heterocycles. The third kappa shape index (κ3) is 7.01. The summed E-state index contributed by atoms with van der Waals surface area (Å²) in [5, 5.41) is 2.75. The third-order valence-electron chi connectivity index (χ3n) is 5.95. The maximum Gasteiger partial charge on any atom is 0.434 e. The van der Waals surface area contributed by atoms with Crippen molar-refractivity contribution in [3.8, 4) is 0 Å². The molecule has 3 aromatic heterocycles. The Bertz CT molecular complexity index is 1220. The molecule has 0 unspecified atom stereocenters. The Morgan fingerprint density at radius 1 is 1.05 bits per heavy atom. The van der Waals surface area contributed by atoms with Crippen LogP contribution in [0.2, 0.25) is 0 Å². The molecule has 0 bridgehead atoms. The van der Waals surface area contributed by atoms with E-state index in [1.165, 1.54) is 11.1 Å². The highest BCUT2D eigenvalue weighted by molar-refractivity contribution is 7.06. The number of nitrogens with one attached hydrogen (secondary N) is 1. The fourth-order valence-corrected chi connectivity index (χ4v) is 5.02. The minimum absolute atomic E-state index is 0.0361. The number of hydrogen-bond donors (Lipinski definition) is 1. The molecule has 4 heterocycles. The minimum Gasteiger partial charge on any atom is -0.320 e. The molecule has 0 saturated carbocycles. The molecule has 4 rings (SSSR count). The highest BCUT2D eigenvalue weighted by atomic mass is 32.1. The number of pyridine rings is 1. The lowest BCUT2D eigenvalue weighted by atomic mass is 9.93. The molecule has 7 nitrogen and oxygen atoms in total. The monoisotopic (exact) mass is 544 g/mol. The summed E-state index contributed by atoms with van der Waals surface area (Å²) in [7, 11) is 0. The van der Waals surface area contributed by atoms with Gasteiger partial charge in [0.15, 0.2) is 5.69 Å². The van der Waals surface area contributed by atoms with E-state index in [0.29, 0.717) is 53.9 Å². The van der Waals surface area contributed by atoms with Crippen LogP contribution in [0.5, 0.6) is 0 Å². The largest absolute Gasteiger partial charge is 0.434 e. The second-order valence-corrected chi connectivity index (χ2v) is 9.58. The molecule has 3 aromatic rings. The Kier molecular flexibility index (Phi) is 7.78. The van der Waals surface area contributed by atoms with E-state index in [0.717, 1.165) is 23.4 Å². The van der Waals surface area contributed by atoms with Gasteiger partial charge in [-0.15, -0.1) is 0 Å². The van der Waals surface area contributed by atoms with Crippen molar-refractivity contribution in [2.24, 2.45) is 0 Å². The molecule has 0 aromatic carbocycles. The van der Waals surface area contributed by atoms with E-state index in [-0.39, 0.29) is 18.0 Å². The van der Waals surface area contributed by atoms with Crippen molar-refractivity contribution in [3.05, 3.63) is 63.9 Å². The van der Waals surface area contributed by atoms with Crippen molar-refractivity contribution in [3.63, 3.8) is 0 Å². The standard InChI is InChI=1S/C23H22F6N6OS/c1-13-20(18(37-34-13)8-16-10-32-19(11-30-16)23(27,28)29)21(36)33-15-2-3-17(31-9-15)14-4-6-35(7-5-14)12-22(24,25)26/h2-3,9-11,14H,4-8,12H2,1H3,(H,33,36). The van der Waals surface area contributed by atoms with E-state index >= 15 is 0 Å². The fourth-order valence-electron chi connectivity index (χ4n) is 4.14. The molecular weight excluding hydrogens is 522 g/mol. The highest BCUT2D eigenvalue weighted by Gasteiger charge is 2.34. The van der Waals surface area contributed by atoms with Gasteiger partial charge in [0, 0.05) is 29.1 Å². The first-order valence-electron chi connectivity index (χ1n) is 11.3. The third-order valence-corrected chi connectivity index (χ3v) is 6.88. The van der Waals surface area contributed by atoms with Gasteiger partial charge in [-0.25, -0.2) is 4.98 Å². The number of aromatic nitrogens is 4. The molecule has 14 heteroatoms. The van der Waals surface area contributed by atoms with Crippen LogP contribution in [0.1, 0.15) is 56.8 Å². The first-order valence-corrected chi connectivity index (χ1v) is 12.1. The Morgan fingerprint density at radius 3 is 2.35 bits per heavy atom. The predicted molar refractivity (Wildman–Crippen MR) is 123 cm³/mol. The number of aryl methyl sites for hydroxylation is 1. The lowest BCUT2D eigenvalue weighted by molar-refractivity contribution is -0.148. The van der Waals surface area contributed by atoms with Gasteiger partial charge in [-0.1, -0.05) is 0 Å². The van der Waals surface area contributed by atoms with Crippen molar-refractivity contribution >= 4 is 23.1 Å². The summed E-state index contributed by atoms with van der Waals surface area (Å²) >= 11 is 1.05. The van der Waals surface area contributed by atoms with Gasteiger partial charge in [0.25, 0.3) is 5.91 Å². The first kappa shape index (κ1) is 26.9. The average Bonchev–Trinajstić information content (AvgIpc) is 3.19. The Hall–Kier alpha value is -3.13. The number of rotatable bonds is 6. The zero-order valence-electron chi connectivity index (χ0n) is 19.5. The molecule has 1 fully saturated rings. The molecule has 0 aliphatic carbocycles. The smallest absolute Gasteiger partial charge is 0.320 e. The van der Waals surface area contributed by atoms with E-state index in [9.17, 15) is 31.1 Å². The number of halogens is 6. The van der Waals surface area contributed by atoms with Gasteiger partial charge in [0.2, 0.25) is 0 Å². The van der Waals surface area contributed by atoms with Gasteiger partial charge in [-0.05, 0) is 56.5 Å². The van der Waals surface area contributed by atoms with Crippen LogP contribution < -0.4 is 5.32 Å². The van der Waals surface area contributed by atoms with Gasteiger partial charge in [-0.2, -0.15) is 30.7 Å². The maximum absolute atomic E-state index is 13.0. The van der Waals surface area contributed by atoms with Crippen molar-refractivity contribution in [2.45, 2.75) is 44.5 Å². The number of likely N-dealkylation sites (tertiary alicyclic amines) is 1. The minimum atomic E-state index is -4.59. The molecule has 1 N–H and O–H groups in total. The average molecular weight is 545 g/mol. The number of carbonyl (C=O) groups is 1. The van der Waals surface area contributed by atoms with E-state index in [2.05, 4.69) is 24.6 Å². The summed E-state index contributed by atoms with van der Waals surface area (Å²) in [6.07, 6.45) is -4.44. The summed E-state index contributed by atoms with van der Waals surface area (Å²) in [5.41, 5.74) is 1.10. The van der Waals surface area contributed by atoms with Crippen molar-refractivity contribution in [2.75, 3.05) is 25.0 Å². The molecule has 37 heavy (non-hydrogen) atoms. The highest BCUT2D eigenvalue weighted by Crippen LogP contribution is 2.30. The van der Waals surface area contributed by atoms with Gasteiger partial charge < -0.3 is 5.32 Å². The molecule has 0 spiro atoms. The summed E-state index contributed by atoms with van der Waals surface area (Å²) in [6, 6.07) is 3.43. The van der Waals surface area contributed by atoms with Crippen molar-refractivity contribution < 1.29 is 31.1 Å². The lowest BCUT2D eigenvalue weighted by Gasteiger charge is -2.32. The van der Waals surface area contributed by atoms with Crippen LogP contribution in [0.25, 0.3) is 0 Å².